The van der Waals surface area contributed by atoms with Gasteiger partial charge in [-0.05, 0) is 49.4 Å². The van der Waals surface area contributed by atoms with Crippen molar-refractivity contribution in [1.29, 1.82) is 0 Å². The third-order valence-electron chi connectivity index (χ3n) is 3.96. The highest BCUT2D eigenvalue weighted by Crippen LogP contribution is 2.26. The standard InChI is InChI=1S/C19H22ClN3O5S/c1-12(22-29(26,27)15-8-6-14(20)7-9-15)18(24)21-16-11-13(19(25)23(2)3)5-10-17(16)28-4/h5-12,22H,1-4H3,(H,21,24)/t12-/m0/s1. The molecule has 0 saturated carbocycles. The summed E-state index contributed by atoms with van der Waals surface area (Å²) in [4.78, 5) is 26.1. The Morgan fingerprint density at radius 3 is 2.28 bits per heavy atom. The molecule has 29 heavy (non-hydrogen) atoms. The SMILES string of the molecule is COc1ccc(C(=O)N(C)C)cc1NC(=O)[C@H](C)NS(=O)(=O)c1ccc(Cl)cc1. The van der Waals surface area contributed by atoms with E-state index in [0.717, 1.165) is 0 Å². The van der Waals surface area contributed by atoms with E-state index in [1.165, 1.54) is 49.3 Å². The fourth-order valence-electron chi connectivity index (χ4n) is 2.41. The molecule has 2 N–H and O–H groups in total. The van der Waals surface area contributed by atoms with Crippen molar-refractivity contribution < 1.29 is 22.7 Å². The summed E-state index contributed by atoms with van der Waals surface area (Å²) < 4.78 is 32.4. The lowest BCUT2D eigenvalue weighted by atomic mass is 10.1. The normalized spacial score (nSPS) is 12.2. The number of sulfonamides is 1. The van der Waals surface area contributed by atoms with Crippen LogP contribution in [0.4, 0.5) is 5.69 Å². The second-order valence-corrected chi connectivity index (χ2v) is 8.55. The van der Waals surface area contributed by atoms with E-state index in [1.54, 1.807) is 26.2 Å². The first-order valence-electron chi connectivity index (χ1n) is 8.53. The zero-order chi connectivity index (χ0) is 21.8. The molecule has 0 aliphatic carbocycles. The fraction of sp³-hybridized carbons (Fsp3) is 0.263. The molecule has 0 aliphatic heterocycles. The van der Waals surface area contributed by atoms with Crippen LogP contribution >= 0.6 is 11.6 Å². The maximum absolute atomic E-state index is 12.5. The molecule has 10 heteroatoms. The number of amides is 2. The average Bonchev–Trinajstić information content (AvgIpc) is 2.67. The van der Waals surface area contributed by atoms with E-state index in [-0.39, 0.29) is 16.5 Å². The summed E-state index contributed by atoms with van der Waals surface area (Å²) in [6.45, 7) is 1.41. The van der Waals surface area contributed by atoms with Crippen molar-refractivity contribution in [2.45, 2.75) is 17.9 Å². The van der Waals surface area contributed by atoms with Crippen LogP contribution in [0.1, 0.15) is 17.3 Å². The molecule has 1 atom stereocenters. The van der Waals surface area contributed by atoms with Gasteiger partial charge in [0.25, 0.3) is 5.91 Å². The fourth-order valence-corrected chi connectivity index (χ4v) is 3.73. The minimum Gasteiger partial charge on any atom is -0.495 e. The lowest BCUT2D eigenvalue weighted by molar-refractivity contribution is -0.117. The topological polar surface area (TPSA) is 105 Å². The summed E-state index contributed by atoms with van der Waals surface area (Å²) >= 11 is 5.77. The van der Waals surface area contributed by atoms with E-state index in [4.69, 9.17) is 16.3 Å². The largest absolute Gasteiger partial charge is 0.495 e. The minimum atomic E-state index is -3.92. The summed E-state index contributed by atoms with van der Waals surface area (Å²) in [5.41, 5.74) is 0.600. The molecule has 0 bridgehead atoms. The van der Waals surface area contributed by atoms with Crippen molar-refractivity contribution in [1.82, 2.24) is 9.62 Å². The Morgan fingerprint density at radius 2 is 1.72 bits per heavy atom. The Kier molecular flexibility index (Phi) is 7.23. The van der Waals surface area contributed by atoms with Crippen molar-refractivity contribution in [3.05, 3.63) is 53.1 Å². The number of anilines is 1. The molecule has 2 rings (SSSR count). The highest BCUT2D eigenvalue weighted by atomic mass is 35.5. The second-order valence-electron chi connectivity index (χ2n) is 6.40. The van der Waals surface area contributed by atoms with Crippen molar-refractivity contribution in [2.24, 2.45) is 0 Å². The van der Waals surface area contributed by atoms with Crippen LogP contribution in [0.3, 0.4) is 0 Å². The molecule has 2 amide bonds. The van der Waals surface area contributed by atoms with Gasteiger partial charge in [0.1, 0.15) is 5.75 Å². The highest BCUT2D eigenvalue weighted by molar-refractivity contribution is 7.89. The first kappa shape index (κ1) is 22.7. The molecule has 2 aromatic rings. The summed E-state index contributed by atoms with van der Waals surface area (Å²) in [5, 5.41) is 2.99. The van der Waals surface area contributed by atoms with Gasteiger partial charge in [0.15, 0.2) is 0 Å². The molecule has 156 valence electrons. The summed E-state index contributed by atoms with van der Waals surface area (Å²) in [7, 11) is 0.717. The molecule has 0 saturated heterocycles. The predicted octanol–water partition coefficient (Wildman–Crippen LogP) is 2.36. The van der Waals surface area contributed by atoms with Gasteiger partial charge in [-0.3, -0.25) is 9.59 Å². The smallest absolute Gasteiger partial charge is 0.253 e. The minimum absolute atomic E-state index is 0.0160. The number of hydrogen-bond acceptors (Lipinski definition) is 5. The Labute approximate surface area is 174 Å². The number of halogens is 1. The lowest BCUT2D eigenvalue weighted by Crippen LogP contribution is -2.41. The molecule has 2 aromatic carbocycles. The van der Waals surface area contributed by atoms with Crippen LogP contribution in [0.5, 0.6) is 5.75 Å². The van der Waals surface area contributed by atoms with Gasteiger partial charge in [0, 0.05) is 24.7 Å². The lowest BCUT2D eigenvalue weighted by Gasteiger charge is -2.17. The Morgan fingerprint density at radius 1 is 1.10 bits per heavy atom. The quantitative estimate of drug-likeness (QED) is 0.689. The third-order valence-corrected chi connectivity index (χ3v) is 5.77. The monoisotopic (exact) mass is 439 g/mol. The van der Waals surface area contributed by atoms with Gasteiger partial charge in [0.2, 0.25) is 15.9 Å². The first-order valence-corrected chi connectivity index (χ1v) is 10.4. The number of nitrogens with one attached hydrogen (secondary N) is 2. The number of benzene rings is 2. The van der Waals surface area contributed by atoms with E-state index >= 15 is 0 Å². The van der Waals surface area contributed by atoms with Gasteiger partial charge in [-0.2, -0.15) is 4.72 Å². The number of hydrogen-bond donors (Lipinski definition) is 2. The van der Waals surface area contributed by atoms with Crippen molar-refractivity contribution in [3.8, 4) is 5.75 Å². The van der Waals surface area contributed by atoms with Crippen LogP contribution < -0.4 is 14.8 Å². The zero-order valence-corrected chi connectivity index (χ0v) is 18.0. The van der Waals surface area contributed by atoms with Crippen LogP contribution in [0.15, 0.2) is 47.4 Å². The van der Waals surface area contributed by atoms with E-state index in [9.17, 15) is 18.0 Å². The molecule has 0 fully saturated rings. The van der Waals surface area contributed by atoms with E-state index in [2.05, 4.69) is 10.0 Å². The van der Waals surface area contributed by atoms with Crippen LogP contribution in [0, 0.1) is 0 Å². The number of carbonyl (C=O) groups is 2. The van der Waals surface area contributed by atoms with E-state index in [0.29, 0.717) is 16.3 Å². The number of rotatable bonds is 7. The molecule has 0 heterocycles. The van der Waals surface area contributed by atoms with Gasteiger partial charge in [-0.25, -0.2) is 8.42 Å². The maximum Gasteiger partial charge on any atom is 0.253 e. The second kappa shape index (κ2) is 9.25. The summed E-state index contributed by atoms with van der Waals surface area (Å²) in [5.74, 6) is -0.531. The van der Waals surface area contributed by atoms with Crippen molar-refractivity contribution >= 4 is 39.1 Å². The van der Waals surface area contributed by atoms with Gasteiger partial charge in [-0.1, -0.05) is 11.6 Å². The number of carbonyl (C=O) groups excluding carboxylic acids is 2. The number of nitrogens with zero attached hydrogens (tertiary/aromatic N) is 1. The molecular formula is C19H22ClN3O5S. The molecule has 0 spiro atoms. The van der Waals surface area contributed by atoms with Crippen LogP contribution in [0.25, 0.3) is 0 Å². The highest BCUT2D eigenvalue weighted by Gasteiger charge is 2.23. The molecule has 0 aliphatic rings. The zero-order valence-electron chi connectivity index (χ0n) is 16.4. The van der Waals surface area contributed by atoms with Gasteiger partial charge in [-0.15, -0.1) is 0 Å². The molecule has 8 nitrogen and oxygen atoms in total. The van der Waals surface area contributed by atoms with Gasteiger partial charge >= 0.3 is 0 Å². The summed E-state index contributed by atoms with van der Waals surface area (Å²) in [6.07, 6.45) is 0. The molecule has 0 unspecified atom stereocenters. The molecule has 0 aromatic heterocycles. The third kappa shape index (κ3) is 5.69. The van der Waals surface area contributed by atoms with E-state index < -0.39 is 22.0 Å². The Balaban J connectivity index is 2.19. The number of ether oxygens (including phenoxy) is 1. The molecule has 0 radical (unpaired) electrons. The average molecular weight is 440 g/mol. The Bertz CT molecular complexity index is 1010. The Hall–Kier alpha value is -2.62. The van der Waals surface area contributed by atoms with Crippen LogP contribution in [0.2, 0.25) is 5.02 Å². The summed E-state index contributed by atoms with van der Waals surface area (Å²) in [6, 6.07) is 9.08. The maximum atomic E-state index is 12.5. The number of methoxy groups -OCH3 is 1. The van der Waals surface area contributed by atoms with Gasteiger partial charge < -0.3 is 15.0 Å². The van der Waals surface area contributed by atoms with Crippen molar-refractivity contribution in [3.63, 3.8) is 0 Å². The molecular weight excluding hydrogens is 418 g/mol. The predicted molar refractivity (Wildman–Crippen MR) is 111 cm³/mol. The van der Waals surface area contributed by atoms with E-state index in [1.807, 2.05) is 0 Å². The van der Waals surface area contributed by atoms with Crippen LogP contribution in [-0.2, 0) is 14.8 Å². The first-order chi connectivity index (χ1) is 13.5. The van der Waals surface area contributed by atoms with Crippen molar-refractivity contribution in [2.75, 3.05) is 26.5 Å². The van der Waals surface area contributed by atoms with Gasteiger partial charge in [0.05, 0.1) is 23.7 Å². The van der Waals surface area contributed by atoms with Crippen LogP contribution in [-0.4, -0.2) is 52.4 Å².